The Balaban J connectivity index is 1.69. The number of halogens is 1. The summed E-state index contributed by atoms with van der Waals surface area (Å²) >= 11 is 3.45. The van der Waals surface area contributed by atoms with E-state index in [0.29, 0.717) is 5.56 Å². The van der Waals surface area contributed by atoms with Crippen molar-refractivity contribution in [2.24, 2.45) is 0 Å². The van der Waals surface area contributed by atoms with Crippen LogP contribution in [0.1, 0.15) is 27.9 Å². The summed E-state index contributed by atoms with van der Waals surface area (Å²) < 4.78 is 6.35. The average Bonchev–Trinajstić information content (AvgIpc) is 2.53. The fourth-order valence-electron chi connectivity index (χ4n) is 2.44. The topological polar surface area (TPSA) is 38.3 Å². The second kappa shape index (κ2) is 6.31. The number of hydrogen-bond donors (Lipinski definition) is 1. The summed E-state index contributed by atoms with van der Waals surface area (Å²) in [5, 5.41) is 3.34. The standard InChI is InChI=1S/C17H16BrNO2/c18-15-6-2-1-4-14(15)11-21-17(20)13-7-8-16-12(10-13)5-3-9-19-16/h1-2,4,6-8,10,19H,3,5,9,11H2. The molecule has 2 aromatic rings. The Labute approximate surface area is 132 Å². The second-order valence-electron chi connectivity index (χ2n) is 5.07. The number of ether oxygens (including phenoxy) is 1. The van der Waals surface area contributed by atoms with Gasteiger partial charge < -0.3 is 10.1 Å². The van der Waals surface area contributed by atoms with E-state index in [4.69, 9.17) is 4.74 Å². The van der Waals surface area contributed by atoms with E-state index in [1.54, 1.807) is 0 Å². The zero-order valence-corrected chi connectivity index (χ0v) is 13.2. The molecule has 0 spiro atoms. The highest BCUT2D eigenvalue weighted by molar-refractivity contribution is 9.10. The quantitative estimate of drug-likeness (QED) is 0.848. The molecule has 0 radical (unpaired) electrons. The van der Waals surface area contributed by atoms with E-state index in [-0.39, 0.29) is 12.6 Å². The van der Waals surface area contributed by atoms with E-state index < -0.39 is 0 Å². The third-order valence-electron chi connectivity index (χ3n) is 3.60. The van der Waals surface area contributed by atoms with Crippen molar-refractivity contribution in [3.8, 4) is 0 Å². The number of carbonyl (C=O) groups is 1. The summed E-state index contributed by atoms with van der Waals surface area (Å²) in [6.45, 7) is 1.27. The molecule has 0 aliphatic carbocycles. The zero-order chi connectivity index (χ0) is 14.7. The third kappa shape index (κ3) is 3.27. The number of hydrogen-bond acceptors (Lipinski definition) is 3. The van der Waals surface area contributed by atoms with Crippen LogP contribution in [0.3, 0.4) is 0 Å². The molecule has 1 aliphatic heterocycles. The molecule has 0 saturated carbocycles. The maximum atomic E-state index is 12.2. The van der Waals surface area contributed by atoms with Gasteiger partial charge in [-0.3, -0.25) is 0 Å². The summed E-state index contributed by atoms with van der Waals surface area (Å²) in [5.41, 5.74) is 3.90. The normalized spacial score (nSPS) is 13.2. The van der Waals surface area contributed by atoms with E-state index in [9.17, 15) is 4.79 Å². The fourth-order valence-corrected chi connectivity index (χ4v) is 2.84. The van der Waals surface area contributed by atoms with Crippen LogP contribution in [0.15, 0.2) is 46.9 Å². The monoisotopic (exact) mass is 345 g/mol. The van der Waals surface area contributed by atoms with Crippen molar-refractivity contribution in [2.75, 3.05) is 11.9 Å². The highest BCUT2D eigenvalue weighted by atomic mass is 79.9. The molecule has 0 fully saturated rings. The number of carbonyl (C=O) groups excluding carboxylic acids is 1. The van der Waals surface area contributed by atoms with Gasteiger partial charge in [-0.2, -0.15) is 0 Å². The summed E-state index contributed by atoms with van der Waals surface area (Å²) in [6.07, 6.45) is 2.11. The Bertz CT molecular complexity index is 670. The zero-order valence-electron chi connectivity index (χ0n) is 11.6. The lowest BCUT2D eigenvalue weighted by atomic mass is 10.0. The van der Waals surface area contributed by atoms with Crippen LogP contribution in [0.25, 0.3) is 0 Å². The summed E-state index contributed by atoms with van der Waals surface area (Å²) in [7, 11) is 0. The molecule has 3 nitrogen and oxygen atoms in total. The molecule has 1 N–H and O–H groups in total. The van der Waals surface area contributed by atoms with E-state index in [0.717, 1.165) is 35.1 Å². The van der Waals surface area contributed by atoms with Gasteiger partial charge in [-0.25, -0.2) is 4.79 Å². The van der Waals surface area contributed by atoms with Gasteiger partial charge in [0.25, 0.3) is 0 Å². The van der Waals surface area contributed by atoms with Crippen molar-refractivity contribution in [2.45, 2.75) is 19.4 Å². The Kier molecular flexibility index (Phi) is 4.25. The van der Waals surface area contributed by atoms with Crippen molar-refractivity contribution < 1.29 is 9.53 Å². The van der Waals surface area contributed by atoms with Gasteiger partial charge in [0.15, 0.2) is 0 Å². The molecular weight excluding hydrogens is 330 g/mol. The van der Waals surface area contributed by atoms with Gasteiger partial charge in [0, 0.05) is 22.3 Å². The lowest BCUT2D eigenvalue weighted by molar-refractivity contribution is 0.0472. The molecule has 21 heavy (non-hydrogen) atoms. The van der Waals surface area contributed by atoms with Crippen LogP contribution in [0.4, 0.5) is 5.69 Å². The molecule has 0 aromatic heterocycles. The summed E-state index contributed by atoms with van der Waals surface area (Å²) in [6, 6.07) is 13.5. The Morgan fingerprint density at radius 3 is 2.95 bits per heavy atom. The van der Waals surface area contributed by atoms with E-state index >= 15 is 0 Å². The maximum absolute atomic E-state index is 12.2. The third-order valence-corrected chi connectivity index (χ3v) is 4.37. The maximum Gasteiger partial charge on any atom is 0.338 e. The molecule has 0 amide bonds. The predicted molar refractivity (Wildman–Crippen MR) is 86.5 cm³/mol. The van der Waals surface area contributed by atoms with Crippen molar-refractivity contribution in [1.82, 2.24) is 0 Å². The lowest BCUT2D eigenvalue weighted by Gasteiger charge is -2.18. The number of rotatable bonds is 3. The number of aryl methyl sites for hydroxylation is 1. The van der Waals surface area contributed by atoms with Gasteiger partial charge >= 0.3 is 5.97 Å². The first kappa shape index (κ1) is 14.1. The molecule has 1 heterocycles. The second-order valence-corrected chi connectivity index (χ2v) is 5.92. The van der Waals surface area contributed by atoms with Gasteiger partial charge in [-0.1, -0.05) is 34.1 Å². The predicted octanol–water partition coefficient (Wildman–Crippen LogP) is 4.16. The van der Waals surface area contributed by atoms with Crippen LogP contribution < -0.4 is 5.32 Å². The largest absolute Gasteiger partial charge is 0.457 e. The number of nitrogens with one attached hydrogen (secondary N) is 1. The van der Waals surface area contributed by atoms with Crippen LogP contribution in [-0.4, -0.2) is 12.5 Å². The fraction of sp³-hybridized carbons (Fsp3) is 0.235. The van der Waals surface area contributed by atoms with Crippen LogP contribution in [0.5, 0.6) is 0 Å². The Morgan fingerprint density at radius 1 is 1.24 bits per heavy atom. The van der Waals surface area contributed by atoms with Gasteiger partial charge in [-0.15, -0.1) is 0 Å². The molecule has 1 aliphatic rings. The smallest absolute Gasteiger partial charge is 0.338 e. The molecule has 0 unspecified atom stereocenters. The van der Waals surface area contributed by atoms with Gasteiger partial charge in [0.2, 0.25) is 0 Å². The van der Waals surface area contributed by atoms with Crippen LogP contribution in [0, 0.1) is 0 Å². The molecule has 0 saturated heterocycles. The molecule has 0 bridgehead atoms. The molecular formula is C17H16BrNO2. The number of esters is 1. The van der Waals surface area contributed by atoms with Crippen LogP contribution in [0.2, 0.25) is 0 Å². The first-order chi connectivity index (χ1) is 10.2. The van der Waals surface area contributed by atoms with Gasteiger partial charge in [-0.05, 0) is 42.7 Å². The average molecular weight is 346 g/mol. The van der Waals surface area contributed by atoms with Crippen LogP contribution >= 0.6 is 15.9 Å². The number of benzene rings is 2. The molecule has 0 atom stereocenters. The highest BCUT2D eigenvalue weighted by Crippen LogP contribution is 2.23. The first-order valence-electron chi connectivity index (χ1n) is 7.01. The lowest BCUT2D eigenvalue weighted by Crippen LogP contribution is -2.13. The molecule has 3 rings (SSSR count). The SMILES string of the molecule is O=C(OCc1ccccc1Br)c1ccc2c(c1)CCCN2. The molecule has 2 aromatic carbocycles. The first-order valence-corrected chi connectivity index (χ1v) is 7.80. The minimum absolute atomic E-state index is 0.273. The van der Waals surface area contributed by atoms with Crippen molar-refractivity contribution >= 4 is 27.6 Å². The Hall–Kier alpha value is -1.81. The van der Waals surface area contributed by atoms with Crippen molar-refractivity contribution in [3.05, 3.63) is 63.6 Å². The van der Waals surface area contributed by atoms with E-state index in [1.807, 2.05) is 42.5 Å². The van der Waals surface area contributed by atoms with Crippen molar-refractivity contribution in [3.63, 3.8) is 0 Å². The minimum Gasteiger partial charge on any atom is -0.457 e. The van der Waals surface area contributed by atoms with Crippen LogP contribution in [-0.2, 0) is 17.8 Å². The molecule has 4 heteroatoms. The Morgan fingerprint density at radius 2 is 2.10 bits per heavy atom. The van der Waals surface area contributed by atoms with E-state index in [1.165, 1.54) is 5.56 Å². The molecule has 108 valence electrons. The summed E-state index contributed by atoms with van der Waals surface area (Å²) in [4.78, 5) is 12.2. The van der Waals surface area contributed by atoms with Crippen molar-refractivity contribution in [1.29, 1.82) is 0 Å². The van der Waals surface area contributed by atoms with E-state index in [2.05, 4.69) is 21.2 Å². The number of anilines is 1. The van der Waals surface area contributed by atoms with Gasteiger partial charge in [0.1, 0.15) is 6.61 Å². The highest BCUT2D eigenvalue weighted by Gasteiger charge is 2.13. The van der Waals surface area contributed by atoms with Gasteiger partial charge in [0.05, 0.1) is 5.56 Å². The summed E-state index contributed by atoms with van der Waals surface area (Å²) in [5.74, 6) is -0.279. The minimum atomic E-state index is -0.279. The number of fused-ring (bicyclic) bond motifs is 1.